The maximum absolute atomic E-state index is 6.41. The molecule has 1 aliphatic carbocycles. The van der Waals surface area contributed by atoms with E-state index in [4.69, 9.17) is 18.0 Å². The number of nitrogens with zero attached hydrogens (tertiary/aromatic N) is 4. The first-order chi connectivity index (χ1) is 16.0. The van der Waals surface area contributed by atoms with Crippen molar-refractivity contribution in [3.8, 4) is 12.3 Å². The van der Waals surface area contributed by atoms with Crippen LogP contribution in [0.25, 0.3) is 11.0 Å². The zero-order chi connectivity index (χ0) is 23.0. The van der Waals surface area contributed by atoms with Crippen LogP contribution in [0.2, 0.25) is 5.02 Å². The molecule has 0 spiro atoms. The van der Waals surface area contributed by atoms with Crippen LogP contribution < -0.4 is 5.32 Å². The van der Waals surface area contributed by atoms with Gasteiger partial charge in [-0.05, 0) is 61.8 Å². The van der Waals surface area contributed by atoms with Gasteiger partial charge in [0.2, 0.25) is 0 Å². The molecule has 5 nitrogen and oxygen atoms in total. The highest BCUT2D eigenvalue weighted by Crippen LogP contribution is 2.45. The number of anilines is 2. The number of hydrogen-bond donors (Lipinski definition) is 1. The lowest BCUT2D eigenvalue weighted by Crippen LogP contribution is -2.36. The number of allylic oxidation sites excluding steroid dienone is 1. The van der Waals surface area contributed by atoms with Crippen molar-refractivity contribution in [2.75, 3.05) is 18.4 Å². The predicted molar refractivity (Wildman–Crippen MR) is 136 cm³/mol. The number of terminal acetylenes is 1. The molecule has 0 unspecified atom stereocenters. The maximum Gasteiger partial charge on any atom is 0.145 e. The summed E-state index contributed by atoms with van der Waals surface area (Å²) in [5.41, 5.74) is 4.27. The fraction of sp³-hybridized carbons (Fsp3) is 0.407. The molecule has 33 heavy (non-hydrogen) atoms. The number of halogens is 1. The van der Waals surface area contributed by atoms with Gasteiger partial charge in [-0.15, -0.1) is 6.42 Å². The molecule has 1 aromatic carbocycles. The molecule has 5 rings (SSSR count). The first kappa shape index (κ1) is 21.9. The van der Waals surface area contributed by atoms with Crippen molar-refractivity contribution in [3.05, 3.63) is 59.7 Å². The summed E-state index contributed by atoms with van der Waals surface area (Å²) in [5.74, 6) is 3.35. The summed E-state index contributed by atoms with van der Waals surface area (Å²) >= 11 is 6.41. The fourth-order valence-electron chi connectivity index (χ4n) is 5.22. The summed E-state index contributed by atoms with van der Waals surface area (Å²) in [6.45, 7) is 8.92. The lowest BCUT2D eigenvalue weighted by molar-refractivity contribution is 0.134. The van der Waals surface area contributed by atoms with E-state index in [1.807, 2.05) is 12.1 Å². The number of nitrogens with one attached hydrogen (secondary N) is 1. The van der Waals surface area contributed by atoms with Crippen LogP contribution in [-0.4, -0.2) is 32.5 Å². The van der Waals surface area contributed by atoms with E-state index in [0.29, 0.717) is 16.5 Å². The van der Waals surface area contributed by atoms with Gasteiger partial charge in [0.1, 0.15) is 17.8 Å². The van der Waals surface area contributed by atoms with Crippen LogP contribution in [0.4, 0.5) is 11.5 Å². The highest BCUT2D eigenvalue weighted by Gasteiger charge is 2.34. The molecule has 1 saturated heterocycles. The highest BCUT2D eigenvalue weighted by atomic mass is 35.5. The Balaban J connectivity index is 1.30. The number of rotatable bonds is 6. The summed E-state index contributed by atoms with van der Waals surface area (Å²) in [6, 6.07) is 8.04. The number of likely N-dealkylation sites (tertiary alicyclic amines) is 1. The van der Waals surface area contributed by atoms with E-state index in [1.54, 1.807) is 12.4 Å². The van der Waals surface area contributed by atoms with Crippen molar-refractivity contribution in [1.29, 1.82) is 0 Å². The Morgan fingerprint density at radius 1 is 1.27 bits per heavy atom. The molecule has 3 aromatic rings. The number of hydrogen-bond acceptors (Lipinski definition) is 4. The third-order valence-electron chi connectivity index (χ3n) is 7.39. The number of aromatic nitrogens is 3. The van der Waals surface area contributed by atoms with Crippen LogP contribution in [0.1, 0.15) is 57.1 Å². The Labute approximate surface area is 200 Å². The van der Waals surface area contributed by atoms with Gasteiger partial charge in [0.05, 0.1) is 16.1 Å². The zero-order valence-corrected chi connectivity index (χ0v) is 19.9. The smallest absolute Gasteiger partial charge is 0.145 e. The molecule has 1 N–H and O–H groups in total. The quantitative estimate of drug-likeness (QED) is 0.425. The predicted octanol–water partition coefficient (Wildman–Crippen LogP) is 6.54. The van der Waals surface area contributed by atoms with Gasteiger partial charge in [0.15, 0.2) is 0 Å². The second-order valence-electron chi connectivity index (χ2n) is 9.77. The standard InChI is InChI=1S/C27H30ClN5/c1-4-20-6-7-24(23(28)16-20)31-25-22-10-15-33(26(22)30-18-29-25)21-8-13-32(14-9-21)19(2)17-27(3)11-5-12-27/h1,6-7,10,15-16,18,21H,2,5,8-9,11-14,17H2,3H3,(H,29,30,31). The van der Waals surface area contributed by atoms with Crippen molar-refractivity contribution < 1.29 is 0 Å². The van der Waals surface area contributed by atoms with Gasteiger partial charge in [-0.2, -0.15) is 0 Å². The largest absolute Gasteiger partial charge is 0.375 e. The van der Waals surface area contributed by atoms with Gasteiger partial charge < -0.3 is 14.8 Å². The van der Waals surface area contributed by atoms with Crippen LogP contribution in [0.15, 0.2) is 49.1 Å². The number of fused-ring (bicyclic) bond motifs is 1. The fourth-order valence-corrected chi connectivity index (χ4v) is 5.45. The molecule has 2 fully saturated rings. The minimum absolute atomic E-state index is 0.423. The van der Waals surface area contributed by atoms with Gasteiger partial charge in [-0.1, -0.05) is 37.4 Å². The monoisotopic (exact) mass is 459 g/mol. The van der Waals surface area contributed by atoms with Crippen molar-refractivity contribution in [2.24, 2.45) is 5.41 Å². The van der Waals surface area contributed by atoms with E-state index < -0.39 is 0 Å². The molecule has 2 aromatic heterocycles. The van der Waals surface area contributed by atoms with Crippen molar-refractivity contribution in [2.45, 2.75) is 51.5 Å². The van der Waals surface area contributed by atoms with Crippen molar-refractivity contribution in [1.82, 2.24) is 19.4 Å². The second-order valence-corrected chi connectivity index (χ2v) is 10.2. The molecule has 0 radical (unpaired) electrons. The van der Waals surface area contributed by atoms with E-state index in [2.05, 4.69) is 56.4 Å². The van der Waals surface area contributed by atoms with Crippen LogP contribution in [0, 0.1) is 17.8 Å². The van der Waals surface area contributed by atoms with E-state index >= 15 is 0 Å². The maximum atomic E-state index is 6.41. The zero-order valence-electron chi connectivity index (χ0n) is 19.1. The Morgan fingerprint density at radius 2 is 2.06 bits per heavy atom. The number of piperidine rings is 1. The first-order valence-corrected chi connectivity index (χ1v) is 12.1. The lowest BCUT2D eigenvalue weighted by Gasteiger charge is -2.43. The van der Waals surface area contributed by atoms with E-state index in [-0.39, 0.29) is 0 Å². The molecule has 2 aliphatic rings. The summed E-state index contributed by atoms with van der Waals surface area (Å²) in [7, 11) is 0. The number of benzene rings is 1. The van der Waals surface area contributed by atoms with Crippen LogP contribution in [0.5, 0.6) is 0 Å². The molecule has 1 saturated carbocycles. The summed E-state index contributed by atoms with van der Waals surface area (Å²) in [4.78, 5) is 11.6. The highest BCUT2D eigenvalue weighted by molar-refractivity contribution is 6.33. The Hall–Kier alpha value is -2.97. The molecular weight excluding hydrogens is 430 g/mol. The summed E-state index contributed by atoms with van der Waals surface area (Å²) in [6.07, 6.45) is 16.6. The van der Waals surface area contributed by atoms with Crippen LogP contribution >= 0.6 is 11.6 Å². The van der Waals surface area contributed by atoms with Crippen molar-refractivity contribution >= 4 is 34.1 Å². The molecule has 3 heterocycles. The third-order valence-corrected chi connectivity index (χ3v) is 7.71. The third kappa shape index (κ3) is 4.32. The van der Waals surface area contributed by atoms with Crippen LogP contribution in [-0.2, 0) is 0 Å². The summed E-state index contributed by atoms with van der Waals surface area (Å²) < 4.78 is 2.30. The minimum Gasteiger partial charge on any atom is -0.375 e. The van der Waals surface area contributed by atoms with Crippen molar-refractivity contribution in [3.63, 3.8) is 0 Å². The van der Waals surface area contributed by atoms with Gasteiger partial charge in [-0.25, -0.2) is 9.97 Å². The molecule has 0 bridgehead atoms. The van der Waals surface area contributed by atoms with E-state index in [0.717, 1.165) is 60.5 Å². The molecule has 1 aliphatic heterocycles. The molecule has 6 heteroatoms. The topological polar surface area (TPSA) is 46.0 Å². The first-order valence-electron chi connectivity index (χ1n) is 11.7. The minimum atomic E-state index is 0.423. The van der Waals surface area contributed by atoms with Gasteiger partial charge in [-0.3, -0.25) is 0 Å². The van der Waals surface area contributed by atoms with Crippen LogP contribution in [0.3, 0.4) is 0 Å². The second kappa shape index (κ2) is 8.76. The Morgan fingerprint density at radius 3 is 2.73 bits per heavy atom. The van der Waals surface area contributed by atoms with Gasteiger partial charge in [0, 0.05) is 36.6 Å². The molecular formula is C27H30ClN5. The lowest BCUT2D eigenvalue weighted by atomic mass is 9.67. The normalized spacial score (nSPS) is 18.0. The Bertz CT molecular complexity index is 1230. The van der Waals surface area contributed by atoms with E-state index in [9.17, 15) is 0 Å². The van der Waals surface area contributed by atoms with Gasteiger partial charge in [0.25, 0.3) is 0 Å². The average molecular weight is 460 g/mol. The molecule has 0 amide bonds. The molecule has 0 atom stereocenters. The average Bonchev–Trinajstić information content (AvgIpc) is 3.24. The molecule has 170 valence electrons. The SMILES string of the molecule is C#Cc1ccc(Nc2ncnc3c2ccn3C2CCN(C(=C)CC3(C)CCC3)CC2)c(Cl)c1. The Kier molecular flexibility index (Phi) is 5.80. The van der Waals surface area contributed by atoms with E-state index in [1.165, 1.54) is 25.0 Å². The van der Waals surface area contributed by atoms with Gasteiger partial charge >= 0.3 is 0 Å². The summed E-state index contributed by atoms with van der Waals surface area (Å²) in [5, 5.41) is 4.91.